The molecule has 1 aliphatic heterocycles. The molecule has 3 aromatic carbocycles. The standard InChI is InChI=1S/C30H35ClN2O4S/c1-19-14-15-23(30(34)35)20(2)29(19)24-16-28-26(17-25(24)31)33(22-12-8-5-9-13-22)18-27(32(3)38(28,36)37)21-10-6-4-7-11-21/h5,8-9,12-17,21,27,36-37H,4,6-7,10-11,18H2,1-3H3,(H,34,35)/t27-/m0/s1. The molecule has 6 nitrogen and oxygen atoms in total. The highest BCUT2D eigenvalue weighted by Gasteiger charge is 2.41. The molecule has 1 saturated carbocycles. The van der Waals surface area contributed by atoms with Crippen LogP contribution < -0.4 is 4.90 Å². The highest BCUT2D eigenvalue weighted by molar-refractivity contribution is 8.22. The van der Waals surface area contributed by atoms with Crippen molar-refractivity contribution >= 4 is 39.7 Å². The first-order valence-corrected chi connectivity index (χ1v) is 15.0. The van der Waals surface area contributed by atoms with Crippen LogP contribution in [0.1, 0.15) is 53.6 Å². The highest BCUT2D eigenvalue weighted by Crippen LogP contribution is 2.61. The zero-order chi connectivity index (χ0) is 27.2. The number of rotatable bonds is 4. The zero-order valence-electron chi connectivity index (χ0n) is 22.0. The lowest BCUT2D eigenvalue weighted by Gasteiger charge is -2.46. The molecule has 8 heteroatoms. The summed E-state index contributed by atoms with van der Waals surface area (Å²) in [4.78, 5) is 14.5. The minimum Gasteiger partial charge on any atom is -0.478 e. The van der Waals surface area contributed by atoms with E-state index in [1.54, 1.807) is 29.4 Å². The zero-order valence-corrected chi connectivity index (χ0v) is 23.6. The van der Waals surface area contributed by atoms with Crippen molar-refractivity contribution in [2.24, 2.45) is 5.92 Å². The number of likely N-dealkylation sites (N-methyl/N-ethyl adjacent to an activating group) is 1. The van der Waals surface area contributed by atoms with Crippen LogP contribution in [0.15, 0.2) is 59.5 Å². The maximum Gasteiger partial charge on any atom is 0.335 e. The molecule has 1 aliphatic carbocycles. The van der Waals surface area contributed by atoms with Crippen molar-refractivity contribution in [3.8, 4) is 11.1 Å². The molecule has 3 aromatic rings. The Morgan fingerprint density at radius 2 is 1.68 bits per heavy atom. The SMILES string of the molecule is Cc1ccc(C(=O)O)c(C)c1-c1cc2c(cc1Cl)N(c1ccccc1)C[C@@H](C1CCCCC1)N(C)S2(O)O. The lowest BCUT2D eigenvalue weighted by Crippen LogP contribution is -2.45. The third-order valence-electron chi connectivity index (χ3n) is 8.31. The fourth-order valence-electron chi connectivity index (χ4n) is 6.22. The summed E-state index contributed by atoms with van der Waals surface area (Å²) in [6.45, 7) is 4.29. The van der Waals surface area contributed by atoms with E-state index in [-0.39, 0.29) is 11.6 Å². The molecule has 0 spiro atoms. The van der Waals surface area contributed by atoms with Crippen LogP contribution in [0.2, 0.25) is 5.02 Å². The number of carboxylic acids is 1. The van der Waals surface area contributed by atoms with Gasteiger partial charge in [0.1, 0.15) is 0 Å². The van der Waals surface area contributed by atoms with Gasteiger partial charge in [-0.05, 0) is 79.6 Å². The van der Waals surface area contributed by atoms with Gasteiger partial charge in [0.2, 0.25) is 0 Å². The summed E-state index contributed by atoms with van der Waals surface area (Å²) in [6, 6.07) is 16.9. The smallest absolute Gasteiger partial charge is 0.335 e. The van der Waals surface area contributed by atoms with Crippen LogP contribution in [0.25, 0.3) is 11.1 Å². The van der Waals surface area contributed by atoms with Gasteiger partial charge in [0.15, 0.2) is 0 Å². The number of fused-ring (bicyclic) bond motifs is 1. The van der Waals surface area contributed by atoms with Gasteiger partial charge >= 0.3 is 5.97 Å². The molecule has 0 radical (unpaired) electrons. The molecule has 0 aromatic heterocycles. The van der Waals surface area contributed by atoms with Crippen LogP contribution in [0, 0.1) is 19.8 Å². The first kappa shape index (κ1) is 27.0. The summed E-state index contributed by atoms with van der Waals surface area (Å²) >= 11 is 6.95. The Morgan fingerprint density at radius 1 is 1.00 bits per heavy atom. The van der Waals surface area contributed by atoms with Crippen LogP contribution in [-0.2, 0) is 0 Å². The van der Waals surface area contributed by atoms with Crippen LogP contribution in [-0.4, -0.2) is 44.1 Å². The van der Waals surface area contributed by atoms with E-state index in [0.29, 0.717) is 44.8 Å². The maximum absolute atomic E-state index is 11.9. The lowest BCUT2D eigenvalue weighted by molar-refractivity contribution is 0.0696. The van der Waals surface area contributed by atoms with Gasteiger partial charge in [0.25, 0.3) is 0 Å². The van der Waals surface area contributed by atoms with Gasteiger partial charge in [-0.3, -0.25) is 9.11 Å². The van der Waals surface area contributed by atoms with E-state index >= 15 is 0 Å². The highest BCUT2D eigenvalue weighted by atomic mass is 35.5. The number of nitrogens with zero attached hydrogens (tertiary/aromatic N) is 2. The minimum absolute atomic E-state index is 0.0612. The fourth-order valence-corrected chi connectivity index (χ4v) is 8.12. The maximum atomic E-state index is 11.9. The second-order valence-corrected chi connectivity index (χ2v) is 13.0. The second-order valence-electron chi connectivity index (χ2n) is 10.5. The minimum atomic E-state index is -3.38. The van der Waals surface area contributed by atoms with Gasteiger partial charge in [-0.2, -0.15) is 4.31 Å². The molecule has 202 valence electrons. The number of carbonyl (C=O) groups is 1. The van der Waals surface area contributed by atoms with Crippen molar-refractivity contribution in [2.45, 2.75) is 56.9 Å². The van der Waals surface area contributed by atoms with Crippen molar-refractivity contribution in [1.29, 1.82) is 0 Å². The Labute approximate surface area is 231 Å². The number of aromatic carboxylic acids is 1. The van der Waals surface area contributed by atoms with Gasteiger partial charge < -0.3 is 10.0 Å². The van der Waals surface area contributed by atoms with Crippen molar-refractivity contribution in [2.75, 3.05) is 18.5 Å². The van der Waals surface area contributed by atoms with Gasteiger partial charge in [0, 0.05) is 30.9 Å². The molecule has 1 heterocycles. The van der Waals surface area contributed by atoms with E-state index in [1.165, 1.54) is 6.42 Å². The third kappa shape index (κ3) is 4.71. The number of hydrogen-bond acceptors (Lipinski definition) is 5. The topological polar surface area (TPSA) is 84.2 Å². The molecule has 2 aliphatic rings. The molecular formula is C30H35ClN2O4S. The van der Waals surface area contributed by atoms with Crippen molar-refractivity contribution in [1.82, 2.24) is 4.31 Å². The normalized spacial score (nSPS) is 21.0. The Hall–Kier alpha value is -2.55. The van der Waals surface area contributed by atoms with Crippen molar-refractivity contribution < 1.29 is 19.0 Å². The number of anilines is 2. The Morgan fingerprint density at radius 3 is 2.34 bits per heavy atom. The molecule has 0 unspecified atom stereocenters. The first-order valence-electron chi connectivity index (χ1n) is 13.1. The predicted molar refractivity (Wildman–Crippen MR) is 156 cm³/mol. The van der Waals surface area contributed by atoms with E-state index in [1.807, 2.05) is 50.4 Å². The fraction of sp³-hybridized carbons (Fsp3) is 0.367. The number of aryl methyl sites for hydroxylation is 1. The van der Waals surface area contributed by atoms with E-state index < -0.39 is 16.7 Å². The number of para-hydroxylation sites is 1. The van der Waals surface area contributed by atoms with Gasteiger partial charge in [0.05, 0.1) is 21.2 Å². The summed E-state index contributed by atoms with van der Waals surface area (Å²) in [5.41, 5.74) is 4.59. The largest absolute Gasteiger partial charge is 0.478 e. The Balaban J connectivity index is 1.74. The summed E-state index contributed by atoms with van der Waals surface area (Å²) in [7, 11) is -1.56. The molecular weight excluding hydrogens is 520 g/mol. The Bertz CT molecular complexity index is 1360. The number of hydrogen-bond donors (Lipinski definition) is 3. The molecule has 5 rings (SSSR count). The summed E-state index contributed by atoms with van der Waals surface area (Å²) in [5.74, 6) is -0.656. The van der Waals surface area contributed by atoms with Crippen LogP contribution in [0.3, 0.4) is 0 Å². The molecule has 0 bridgehead atoms. The first-order chi connectivity index (χ1) is 18.1. The molecule has 0 amide bonds. The van der Waals surface area contributed by atoms with Crippen molar-refractivity contribution in [3.05, 3.63) is 76.3 Å². The van der Waals surface area contributed by atoms with E-state index in [2.05, 4.69) is 4.90 Å². The number of carboxylic acid groups (broad SMARTS) is 1. The Kier molecular flexibility index (Phi) is 7.50. The second kappa shape index (κ2) is 10.5. The number of benzene rings is 3. The average molecular weight is 555 g/mol. The van der Waals surface area contributed by atoms with Crippen LogP contribution >= 0.6 is 22.4 Å². The van der Waals surface area contributed by atoms with E-state index in [0.717, 1.165) is 36.9 Å². The summed E-state index contributed by atoms with van der Waals surface area (Å²) in [6.07, 6.45) is 5.66. The monoisotopic (exact) mass is 554 g/mol. The predicted octanol–water partition coefficient (Wildman–Crippen LogP) is 8.38. The molecule has 3 N–H and O–H groups in total. The van der Waals surface area contributed by atoms with E-state index in [9.17, 15) is 19.0 Å². The third-order valence-corrected chi connectivity index (χ3v) is 10.6. The molecule has 1 atom stereocenters. The summed E-state index contributed by atoms with van der Waals surface area (Å²) in [5, 5.41) is 10.2. The van der Waals surface area contributed by atoms with E-state index in [4.69, 9.17) is 11.6 Å². The quantitative estimate of drug-likeness (QED) is 0.300. The van der Waals surface area contributed by atoms with Crippen molar-refractivity contribution in [3.63, 3.8) is 0 Å². The number of halogens is 1. The molecule has 0 saturated heterocycles. The molecule has 38 heavy (non-hydrogen) atoms. The van der Waals surface area contributed by atoms with Gasteiger partial charge in [-0.25, -0.2) is 4.79 Å². The summed E-state index contributed by atoms with van der Waals surface area (Å²) < 4.78 is 25.6. The van der Waals surface area contributed by atoms with Crippen LogP contribution in [0.5, 0.6) is 0 Å². The average Bonchev–Trinajstić information content (AvgIpc) is 2.98. The van der Waals surface area contributed by atoms with Gasteiger partial charge in [-0.1, -0.05) is 55.1 Å². The molecule has 1 fully saturated rings. The lowest BCUT2D eigenvalue weighted by atomic mass is 9.83. The van der Waals surface area contributed by atoms with Crippen LogP contribution in [0.4, 0.5) is 11.4 Å². The van der Waals surface area contributed by atoms with Gasteiger partial charge in [-0.15, -0.1) is 10.8 Å².